The molecule has 2 aromatic rings. The second-order valence-corrected chi connectivity index (χ2v) is 7.23. The van der Waals surface area contributed by atoms with E-state index in [0.29, 0.717) is 6.54 Å². The van der Waals surface area contributed by atoms with Gasteiger partial charge in [-0.25, -0.2) is 17.6 Å². The minimum atomic E-state index is -4.04. The molecule has 1 atom stereocenters. The maximum absolute atomic E-state index is 13.0. The molecule has 0 heterocycles. The van der Waals surface area contributed by atoms with Gasteiger partial charge in [-0.05, 0) is 50.2 Å². The largest absolute Gasteiger partial charge is 0.449 e. The molecule has 0 saturated heterocycles. The molecular weight excluding hydrogens is 375 g/mol. The van der Waals surface area contributed by atoms with E-state index in [-0.39, 0.29) is 16.1 Å². The number of amides is 1. The molecule has 0 fully saturated rings. The molecule has 0 radical (unpaired) electrons. The van der Waals surface area contributed by atoms with Crippen molar-refractivity contribution in [3.63, 3.8) is 0 Å². The van der Waals surface area contributed by atoms with Gasteiger partial charge in [-0.15, -0.1) is 0 Å². The summed E-state index contributed by atoms with van der Waals surface area (Å²) in [5, 5.41) is 2.52. The van der Waals surface area contributed by atoms with Crippen LogP contribution in [0.1, 0.15) is 24.2 Å². The molecule has 27 heavy (non-hydrogen) atoms. The Hall–Kier alpha value is -2.94. The molecule has 144 valence electrons. The molecule has 0 spiro atoms. The van der Waals surface area contributed by atoms with Crippen LogP contribution >= 0.6 is 0 Å². The van der Waals surface area contributed by atoms with Crippen LogP contribution in [-0.2, 0) is 19.6 Å². The zero-order valence-electron chi connectivity index (χ0n) is 14.7. The smallest absolute Gasteiger partial charge is 0.341 e. The number of anilines is 1. The van der Waals surface area contributed by atoms with Gasteiger partial charge >= 0.3 is 5.97 Å². The van der Waals surface area contributed by atoms with Gasteiger partial charge in [0.15, 0.2) is 6.10 Å². The van der Waals surface area contributed by atoms with Gasteiger partial charge in [-0.1, -0.05) is 12.1 Å². The third-order valence-electron chi connectivity index (χ3n) is 3.52. The van der Waals surface area contributed by atoms with E-state index in [0.717, 1.165) is 24.3 Å². The highest BCUT2D eigenvalue weighted by molar-refractivity contribution is 7.92. The fourth-order valence-corrected chi connectivity index (χ4v) is 3.24. The quantitative estimate of drug-likeness (QED) is 0.702. The highest BCUT2D eigenvalue weighted by Crippen LogP contribution is 2.21. The summed E-state index contributed by atoms with van der Waals surface area (Å²) >= 11 is 0. The summed E-state index contributed by atoms with van der Waals surface area (Å²) in [5.74, 6) is -1.89. The van der Waals surface area contributed by atoms with Crippen LogP contribution in [0.15, 0.2) is 53.4 Å². The van der Waals surface area contributed by atoms with E-state index in [1.165, 1.54) is 31.2 Å². The van der Waals surface area contributed by atoms with Gasteiger partial charge in [0.1, 0.15) is 5.82 Å². The number of carbonyl (C=O) groups excluding carboxylic acids is 2. The third kappa shape index (κ3) is 5.27. The molecule has 0 aliphatic carbocycles. The van der Waals surface area contributed by atoms with Crippen LogP contribution in [0.5, 0.6) is 0 Å². The van der Waals surface area contributed by atoms with Gasteiger partial charge in [-0.3, -0.25) is 9.52 Å². The number of halogens is 1. The van der Waals surface area contributed by atoms with Gasteiger partial charge in [0, 0.05) is 6.54 Å². The number of sulfonamides is 1. The lowest BCUT2D eigenvalue weighted by molar-refractivity contribution is -0.128. The number of esters is 1. The summed E-state index contributed by atoms with van der Waals surface area (Å²) in [6.07, 6.45) is -1.04. The fourth-order valence-electron chi connectivity index (χ4n) is 2.16. The fraction of sp³-hybridized carbons (Fsp3) is 0.222. The first-order valence-electron chi connectivity index (χ1n) is 8.10. The van der Waals surface area contributed by atoms with Crippen molar-refractivity contribution in [2.45, 2.75) is 24.8 Å². The number of nitrogens with one attached hydrogen (secondary N) is 2. The number of rotatable bonds is 7. The Morgan fingerprint density at radius 3 is 2.37 bits per heavy atom. The number of hydrogen-bond donors (Lipinski definition) is 2. The standard InChI is InChI=1S/C18H19FN2O5S/c1-3-20-17(22)12(2)26-18(23)15-6-4-5-7-16(15)21-27(24,25)14-10-8-13(19)9-11-14/h4-12,21H,3H2,1-2H3,(H,20,22)/t12-/m0/s1. The monoisotopic (exact) mass is 394 g/mol. The first-order chi connectivity index (χ1) is 12.7. The Balaban J connectivity index is 2.23. The number of para-hydroxylation sites is 1. The van der Waals surface area contributed by atoms with Crippen molar-refractivity contribution >= 4 is 27.6 Å². The molecule has 0 saturated carbocycles. The number of ether oxygens (including phenoxy) is 1. The van der Waals surface area contributed by atoms with Crippen molar-refractivity contribution in [2.24, 2.45) is 0 Å². The Morgan fingerprint density at radius 1 is 1.11 bits per heavy atom. The Labute approximate surface area is 156 Å². The maximum Gasteiger partial charge on any atom is 0.341 e. The predicted molar refractivity (Wildman–Crippen MR) is 97.2 cm³/mol. The summed E-state index contributed by atoms with van der Waals surface area (Å²) in [6, 6.07) is 10.1. The predicted octanol–water partition coefficient (Wildman–Crippen LogP) is 2.31. The van der Waals surface area contributed by atoms with Crippen molar-refractivity contribution in [2.75, 3.05) is 11.3 Å². The van der Waals surface area contributed by atoms with Crippen molar-refractivity contribution in [1.82, 2.24) is 5.32 Å². The topological polar surface area (TPSA) is 102 Å². The van der Waals surface area contributed by atoms with E-state index in [2.05, 4.69) is 10.0 Å². The Morgan fingerprint density at radius 2 is 1.74 bits per heavy atom. The van der Waals surface area contributed by atoms with Crippen molar-refractivity contribution in [3.8, 4) is 0 Å². The highest BCUT2D eigenvalue weighted by Gasteiger charge is 2.22. The van der Waals surface area contributed by atoms with E-state index in [4.69, 9.17) is 4.74 Å². The Bertz CT molecular complexity index is 929. The molecule has 0 bridgehead atoms. The first-order valence-corrected chi connectivity index (χ1v) is 9.59. The second kappa shape index (κ2) is 8.63. The van der Waals surface area contributed by atoms with Crippen LogP contribution in [-0.4, -0.2) is 32.9 Å². The number of benzene rings is 2. The van der Waals surface area contributed by atoms with E-state index >= 15 is 0 Å². The van der Waals surface area contributed by atoms with Gasteiger partial charge in [-0.2, -0.15) is 0 Å². The number of likely N-dealkylation sites (N-methyl/N-ethyl adjacent to an activating group) is 1. The van der Waals surface area contributed by atoms with Crippen molar-refractivity contribution in [1.29, 1.82) is 0 Å². The molecular formula is C18H19FN2O5S. The van der Waals surface area contributed by atoms with Crippen LogP contribution in [0, 0.1) is 5.82 Å². The molecule has 0 aliphatic heterocycles. The average Bonchev–Trinajstić information content (AvgIpc) is 2.62. The van der Waals surface area contributed by atoms with E-state index in [1.54, 1.807) is 6.92 Å². The van der Waals surface area contributed by atoms with Crippen LogP contribution < -0.4 is 10.0 Å². The lowest BCUT2D eigenvalue weighted by atomic mass is 10.2. The van der Waals surface area contributed by atoms with Gasteiger partial charge < -0.3 is 10.1 Å². The lowest BCUT2D eigenvalue weighted by Crippen LogP contribution is -2.35. The van der Waals surface area contributed by atoms with Crippen LogP contribution in [0.2, 0.25) is 0 Å². The van der Waals surface area contributed by atoms with Gasteiger partial charge in [0.05, 0.1) is 16.1 Å². The third-order valence-corrected chi connectivity index (χ3v) is 4.90. The van der Waals surface area contributed by atoms with E-state index in [9.17, 15) is 22.4 Å². The summed E-state index contributed by atoms with van der Waals surface area (Å²) < 4.78 is 45.3. The molecule has 2 aromatic carbocycles. The molecule has 1 amide bonds. The molecule has 7 nitrogen and oxygen atoms in total. The van der Waals surface area contributed by atoms with Crippen molar-refractivity contribution < 1.29 is 27.1 Å². The molecule has 0 aliphatic rings. The van der Waals surface area contributed by atoms with Gasteiger partial charge in [0.25, 0.3) is 15.9 Å². The summed E-state index contributed by atoms with van der Waals surface area (Å²) in [6.45, 7) is 3.52. The van der Waals surface area contributed by atoms with Gasteiger partial charge in [0.2, 0.25) is 0 Å². The molecule has 0 aromatic heterocycles. The number of carbonyl (C=O) groups is 2. The van der Waals surface area contributed by atoms with Crippen LogP contribution in [0.25, 0.3) is 0 Å². The lowest BCUT2D eigenvalue weighted by Gasteiger charge is -2.15. The first kappa shape index (κ1) is 20.4. The van der Waals surface area contributed by atoms with Crippen LogP contribution in [0.3, 0.4) is 0 Å². The zero-order valence-corrected chi connectivity index (χ0v) is 15.5. The summed E-state index contributed by atoms with van der Waals surface area (Å²) in [5.41, 5.74) is -0.0748. The SMILES string of the molecule is CCNC(=O)[C@H](C)OC(=O)c1ccccc1NS(=O)(=O)c1ccc(F)cc1. The highest BCUT2D eigenvalue weighted by atomic mass is 32.2. The van der Waals surface area contributed by atoms with Crippen molar-refractivity contribution in [3.05, 3.63) is 59.9 Å². The molecule has 9 heteroatoms. The summed E-state index contributed by atoms with van der Waals surface area (Å²) in [4.78, 5) is 23.9. The normalized spacial score (nSPS) is 12.1. The minimum Gasteiger partial charge on any atom is -0.449 e. The average molecular weight is 394 g/mol. The second-order valence-electron chi connectivity index (χ2n) is 5.55. The van der Waals surface area contributed by atoms with E-state index < -0.39 is 33.8 Å². The minimum absolute atomic E-state index is 0.0186. The zero-order chi connectivity index (χ0) is 20.0. The molecule has 2 N–H and O–H groups in total. The number of hydrogen-bond acceptors (Lipinski definition) is 5. The van der Waals surface area contributed by atoms with Crippen LogP contribution in [0.4, 0.5) is 10.1 Å². The van der Waals surface area contributed by atoms with E-state index in [1.807, 2.05) is 0 Å². The molecule has 2 rings (SSSR count). The molecule has 0 unspecified atom stereocenters. The summed E-state index contributed by atoms with van der Waals surface area (Å²) in [7, 11) is -4.04. The maximum atomic E-state index is 13.0. The Kier molecular flexibility index (Phi) is 6.51.